The standard InChI is InChI=1S/C70H82BN3/c1-64(2,3)47-26-31-51(32-27-47)72-59-35-29-49(66(7,8)9)41-55(59)71-56-42-50(67(10,11)12)30-36-60(56)73(57-34-28-48(65(4,5)6)40-53(57)68(13,14)15)62-44-52(43-61(72)63(62)71)74-58-33-25-46(45-23-19-18-20-24-45)39-54(58)69(16)37-21-22-38-70(69,74)17/h18-20,23-36,39-44H,21-22,37-38H2,1-17H3/i18D,19D,20D,23D,24D. The summed E-state index contributed by atoms with van der Waals surface area (Å²) in [6.07, 6.45) is 4.06. The molecule has 1 fully saturated rings. The lowest BCUT2D eigenvalue weighted by Crippen LogP contribution is -2.62. The van der Waals surface area contributed by atoms with E-state index >= 15 is 0 Å². The topological polar surface area (TPSA) is 9.72 Å². The zero-order valence-electron chi connectivity index (χ0n) is 52.6. The Labute approximate surface area is 453 Å². The van der Waals surface area contributed by atoms with Gasteiger partial charge in [-0.3, -0.25) is 0 Å². The molecule has 74 heavy (non-hydrogen) atoms. The van der Waals surface area contributed by atoms with Crippen molar-refractivity contribution in [1.29, 1.82) is 0 Å². The summed E-state index contributed by atoms with van der Waals surface area (Å²) in [5.74, 6) is 0. The van der Waals surface area contributed by atoms with E-state index in [1.807, 2.05) is 6.07 Å². The molecule has 0 saturated heterocycles. The van der Waals surface area contributed by atoms with E-state index < -0.39 is 0 Å². The van der Waals surface area contributed by atoms with E-state index in [0.29, 0.717) is 5.56 Å². The van der Waals surface area contributed by atoms with Crippen LogP contribution in [0, 0.1) is 0 Å². The van der Waals surface area contributed by atoms with Gasteiger partial charge < -0.3 is 14.7 Å². The molecular weight excluding hydrogens is 894 g/mol. The number of hydrogen-bond donors (Lipinski definition) is 0. The number of fused-ring (bicyclic) bond motifs is 7. The Morgan fingerprint density at radius 1 is 0.432 bits per heavy atom. The van der Waals surface area contributed by atoms with Gasteiger partial charge >= 0.3 is 0 Å². The minimum atomic E-state index is -0.385. The molecular formula is C70H82BN3. The summed E-state index contributed by atoms with van der Waals surface area (Å²) >= 11 is 0. The Balaban J connectivity index is 1.28. The molecule has 3 heterocycles. The monoisotopic (exact) mass is 981 g/mol. The van der Waals surface area contributed by atoms with Crippen molar-refractivity contribution in [2.45, 2.75) is 181 Å². The van der Waals surface area contributed by atoms with Crippen LogP contribution < -0.4 is 31.1 Å². The van der Waals surface area contributed by atoms with E-state index in [1.165, 1.54) is 61.3 Å². The molecule has 0 amide bonds. The van der Waals surface area contributed by atoms with Crippen molar-refractivity contribution in [3.63, 3.8) is 0 Å². The summed E-state index contributed by atoms with van der Waals surface area (Å²) in [6, 6.07) is 41.2. The van der Waals surface area contributed by atoms with Gasteiger partial charge in [-0.25, -0.2) is 0 Å². The van der Waals surface area contributed by atoms with Crippen molar-refractivity contribution in [1.82, 2.24) is 0 Å². The Morgan fingerprint density at radius 3 is 1.47 bits per heavy atom. The molecule has 2 atom stereocenters. The SMILES string of the molecule is [2H]c1c([2H])c([2H])c(-c2ccc3c(c2)C2(C)CCCCC2(C)N3c2cc3c4c(c2)N(c2ccc(C(C)(C)C)cc2C(C)(C)C)c2ccc(C(C)(C)C)cc2B4c2cc(C(C)(C)C)ccc2N3c2ccc(C(C)(C)C)cc2)c([2H])c1[2H]. The summed E-state index contributed by atoms with van der Waals surface area (Å²) in [4.78, 5) is 7.86. The van der Waals surface area contributed by atoms with Crippen LogP contribution in [0.25, 0.3) is 11.1 Å². The van der Waals surface area contributed by atoms with Gasteiger partial charge in [0.05, 0.1) is 12.4 Å². The van der Waals surface area contributed by atoms with Crippen LogP contribution in [0.2, 0.25) is 0 Å². The molecule has 0 N–H and O–H groups in total. The first-order chi connectivity index (χ1) is 36.7. The number of hydrogen-bond acceptors (Lipinski definition) is 3. The first-order valence-electron chi connectivity index (χ1n) is 30.0. The second-order valence-corrected chi connectivity index (χ2v) is 28.0. The van der Waals surface area contributed by atoms with Crippen LogP contribution in [0.15, 0.2) is 139 Å². The molecule has 4 heteroatoms. The van der Waals surface area contributed by atoms with Gasteiger partial charge in [-0.15, -0.1) is 0 Å². The molecule has 3 aliphatic heterocycles. The fourth-order valence-electron chi connectivity index (χ4n) is 13.2. The van der Waals surface area contributed by atoms with E-state index in [1.54, 1.807) is 0 Å². The molecule has 3 nitrogen and oxygen atoms in total. The molecule has 380 valence electrons. The van der Waals surface area contributed by atoms with Crippen LogP contribution in [0.1, 0.15) is 184 Å². The number of rotatable bonds is 4. The fraction of sp³-hybridized carbons (Fsp3) is 0.400. The summed E-state index contributed by atoms with van der Waals surface area (Å²) in [7, 11) is 0. The highest BCUT2D eigenvalue weighted by molar-refractivity contribution is 7.00. The maximum Gasteiger partial charge on any atom is 0.252 e. The van der Waals surface area contributed by atoms with Crippen LogP contribution in [-0.2, 0) is 32.5 Å². The number of nitrogens with zero attached hydrogens (tertiary/aromatic N) is 3. The Morgan fingerprint density at radius 2 is 0.919 bits per heavy atom. The molecule has 0 radical (unpaired) electrons. The van der Waals surface area contributed by atoms with E-state index in [4.69, 9.17) is 6.85 Å². The molecule has 4 aliphatic rings. The minimum Gasteiger partial charge on any atom is -0.334 e. The summed E-state index contributed by atoms with van der Waals surface area (Å²) in [6.45, 7) is 39.7. The van der Waals surface area contributed by atoms with Gasteiger partial charge in [0.15, 0.2) is 0 Å². The van der Waals surface area contributed by atoms with E-state index in [-0.39, 0.29) is 80.5 Å². The second kappa shape index (κ2) is 16.8. The highest BCUT2D eigenvalue weighted by Crippen LogP contribution is 2.62. The first kappa shape index (κ1) is 44.3. The predicted octanol–water partition coefficient (Wildman–Crippen LogP) is 17.7. The van der Waals surface area contributed by atoms with Crippen LogP contribution >= 0.6 is 0 Å². The van der Waals surface area contributed by atoms with Crippen molar-refractivity contribution in [3.05, 3.63) is 173 Å². The molecule has 1 saturated carbocycles. The smallest absolute Gasteiger partial charge is 0.252 e. The van der Waals surface area contributed by atoms with Gasteiger partial charge in [0, 0.05) is 50.9 Å². The van der Waals surface area contributed by atoms with Crippen molar-refractivity contribution in [2.75, 3.05) is 14.7 Å². The average Bonchev–Trinajstić information content (AvgIpc) is 3.82. The summed E-state index contributed by atoms with van der Waals surface area (Å²) in [5, 5.41) is 0. The predicted molar refractivity (Wildman–Crippen MR) is 322 cm³/mol. The largest absolute Gasteiger partial charge is 0.334 e. The van der Waals surface area contributed by atoms with E-state index in [2.05, 4.69) is 236 Å². The van der Waals surface area contributed by atoms with Gasteiger partial charge in [-0.05, 0) is 162 Å². The zero-order chi connectivity index (χ0) is 57.2. The summed E-state index contributed by atoms with van der Waals surface area (Å²) < 4.78 is 43.9. The van der Waals surface area contributed by atoms with Crippen LogP contribution in [-0.4, -0.2) is 12.3 Å². The Hall–Kier alpha value is -6.00. The second-order valence-electron chi connectivity index (χ2n) is 28.0. The molecule has 2 unspecified atom stereocenters. The lowest BCUT2D eigenvalue weighted by atomic mass is 9.33. The Kier molecular flexibility index (Phi) is 10.0. The number of benzene rings is 7. The molecule has 1 aliphatic carbocycles. The quantitative estimate of drug-likeness (QED) is 0.163. The molecule has 0 aromatic heterocycles. The third kappa shape index (κ3) is 7.89. The lowest BCUT2D eigenvalue weighted by molar-refractivity contribution is 0.195. The third-order valence-corrected chi connectivity index (χ3v) is 17.8. The van der Waals surface area contributed by atoms with Gasteiger partial charge in [-0.1, -0.05) is 208 Å². The van der Waals surface area contributed by atoms with Gasteiger partial charge in [0.1, 0.15) is 0 Å². The van der Waals surface area contributed by atoms with Crippen LogP contribution in [0.4, 0.5) is 45.5 Å². The normalized spacial score (nSPS) is 20.4. The van der Waals surface area contributed by atoms with E-state index in [9.17, 15) is 0 Å². The van der Waals surface area contributed by atoms with Crippen molar-refractivity contribution < 1.29 is 6.85 Å². The first-order valence-corrected chi connectivity index (χ1v) is 27.5. The highest BCUT2D eigenvalue weighted by Gasteiger charge is 2.58. The third-order valence-electron chi connectivity index (χ3n) is 17.8. The van der Waals surface area contributed by atoms with E-state index in [0.717, 1.165) is 59.7 Å². The molecule has 0 bridgehead atoms. The molecule has 0 spiro atoms. The summed E-state index contributed by atoms with van der Waals surface area (Å²) in [5.41, 5.74) is 20.4. The molecule has 7 aromatic carbocycles. The van der Waals surface area contributed by atoms with Crippen LogP contribution in [0.5, 0.6) is 0 Å². The number of anilines is 8. The van der Waals surface area contributed by atoms with Crippen molar-refractivity contribution in [2.24, 2.45) is 0 Å². The highest BCUT2D eigenvalue weighted by atomic mass is 15.3. The minimum absolute atomic E-state index is 0.0277. The van der Waals surface area contributed by atoms with Gasteiger partial charge in [-0.2, -0.15) is 0 Å². The maximum atomic E-state index is 9.08. The fourth-order valence-corrected chi connectivity index (χ4v) is 13.2. The zero-order valence-corrected chi connectivity index (χ0v) is 47.6. The van der Waals surface area contributed by atoms with Gasteiger partial charge in [0.2, 0.25) is 0 Å². The Bertz CT molecular complexity index is 3630. The average molecular weight is 981 g/mol. The maximum absolute atomic E-state index is 9.08. The van der Waals surface area contributed by atoms with Crippen molar-refractivity contribution >= 4 is 68.6 Å². The molecule has 11 rings (SSSR count). The molecule has 7 aromatic rings. The lowest BCUT2D eigenvalue weighted by Gasteiger charge is -2.51. The van der Waals surface area contributed by atoms with Gasteiger partial charge in [0.25, 0.3) is 6.71 Å². The van der Waals surface area contributed by atoms with Crippen LogP contribution in [0.3, 0.4) is 0 Å². The van der Waals surface area contributed by atoms with Crippen molar-refractivity contribution in [3.8, 4) is 11.1 Å².